The Hall–Kier alpha value is -1.70. The summed E-state index contributed by atoms with van der Waals surface area (Å²) in [5.41, 5.74) is 2.25. The van der Waals surface area contributed by atoms with Gasteiger partial charge in [-0.15, -0.1) is 0 Å². The van der Waals surface area contributed by atoms with E-state index in [1.54, 1.807) is 0 Å². The summed E-state index contributed by atoms with van der Waals surface area (Å²) in [5.74, 6) is 0. The van der Waals surface area contributed by atoms with Crippen molar-refractivity contribution in [2.45, 2.75) is 6.61 Å². The first-order valence-corrected chi connectivity index (χ1v) is 6.28. The molecule has 0 fully saturated rings. The highest BCUT2D eigenvalue weighted by Gasteiger charge is 2.10. The van der Waals surface area contributed by atoms with E-state index in [1.165, 1.54) is 6.20 Å². The van der Waals surface area contributed by atoms with Gasteiger partial charge in [0.2, 0.25) is 0 Å². The van der Waals surface area contributed by atoms with Crippen molar-refractivity contribution in [3.05, 3.63) is 42.1 Å². The Morgan fingerprint density at radius 2 is 2.00 bits per heavy atom. The van der Waals surface area contributed by atoms with Crippen molar-refractivity contribution >= 4 is 10.3 Å². The van der Waals surface area contributed by atoms with E-state index in [0.717, 1.165) is 5.56 Å². The molecule has 0 saturated heterocycles. The van der Waals surface area contributed by atoms with Gasteiger partial charge >= 0.3 is 10.3 Å². The zero-order valence-corrected chi connectivity index (χ0v) is 9.65. The number of nitrogens with zero attached hydrogens (tertiary/aromatic N) is 1. The molecule has 90 valence electrons. The van der Waals surface area contributed by atoms with Crippen LogP contribution in [0.5, 0.6) is 0 Å². The first-order chi connectivity index (χ1) is 8.06. The van der Waals surface area contributed by atoms with E-state index in [-0.39, 0.29) is 6.61 Å². The molecule has 2 aromatic rings. The number of H-pyrrole nitrogens is 1. The summed E-state index contributed by atoms with van der Waals surface area (Å²) in [4.78, 5) is 0. The molecule has 0 aliphatic rings. The Labute approximate surface area is 98.7 Å². The topological polar surface area (TPSA) is 98.1 Å². The summed E-state index contributed by atoms with van der Waals surface area (Å²) in [7, 11) is -3.94. The van der Waals surface area contributed by atoms with Crippen molar-refractivity contribution < 1.29 is 12.6 Å². The van der Waals surface area contributed by atoms with Crippen LogP contribution < -0.4 is 5.14 Å². The largest absolute Gasteiger partial charge is 0.333 e. The molecule has 7 heteroatoms. The minimum absolute atomic E-state index is 0.139. The predicted octanol–water partition coefficient (Wildman–Crippen LogP) is 0.797. The van der Waals surface area contributed by atoms with Gasteiger partial charge in [-0.25, -0.2) is 5.14 Å². The van der Waals surface area contributed by atoms with Gasteiger partial charge in [0.05, 0.1) is 18.5 Å². The Bertz CT molecular complexity index is 592. The number of hydrogen-bond donors (Lipinski definition) is 2. The van der Waals surface area contributed by atoms with Crippen LogP contribution >= 0.6 is 0 Å². The fraction of sp³-hybridized carbons (Fsp3) is 0.100. The second kappa shape index (κ2) is 4.66. The van der Waals surface area contributed by atoms with Crippen molar-refractivity contribution in [2.75, 3.05) is 0 Å². The zero-order valence-electron chi connectivity index (χ0n) is 8.83. The number of aromatic amines is 1. The first-order valence-electron chi connectivity index (χ1n) is 4.81. The maximum Gasteiger partial charge on any atom is 0.333 e. The fourth-order valence-electron chi connectivity index (χ4n) is 1.42. The number of nitrogens with two attached hydrogens (primary N) is 1. The quantitative estimate of drug-likeness (QED) is 0.841. The van der Waals surface area contributed by atoms with Gasteiger partial charge in [0.25, 0.3) is 0 Å². The van der Waals surface area contributed by atoms with Gasteiger partial charge < -0.3 is 0 Å². The molecule has 0 aliphatic heterocycles. The predicted molar refractivity (Wildman–Crippen MR) is 61.9 cm³/mol. The molecule has 1 aromatic carbocycles. The standard InChI is InChI=1S/C10H11N3O3S/c11-17(14,15)16-7-9-6-12-13-10(9)8-4-2-1-3-5-8/h1-6H,7H2,(H,12,13)(H2,11,14,15). The summed E-state index contributed by atoms with van der Waals surface area (Å²) >= 11 is 0. The van der Waals surface area contributed by atoms with Crippen LogP contribution in [0.4, 0.5) is 0 Å². The molecule has 0 aliphatic carbocycles. The molecule has 17 heavy (non-hydrogen) atoms. The minimum atomic E-state index is -3.94. The number of benzene rings is 1. The average Bonchev–Trinajstić information content (AvgIpc) is 2.75. The summed E-state index contributed by atoms with van der Waals surface area (Å²) in [6.45, 7) is -0.139. The van der Waals surface area contributed by atoms with Crippen LogP contribution in [0.15, 0.2) is 36.5 Å². The zero-order chi connectivity index (χ0) is 12.3. The lowest BCUT2D eigenvalue weighted by Crippen LogP contribution is -2.15. The second-order valence-corrected chi connectivity index (χ2v) is 4.61. The summed E-state index contributed by atoms with van der Waals surface area (Å²) in [6.07, 6.45) is 1.51. The Balaban J connectivity index is 2.24. The monoisotopic (exact) mass is 253 g/mol. The lowest BCUT2D eigenvalue weighted by Gasteiger charge is -2.02. The van der Waals surface area contributed by atoms with Gasteiger partial charge in [-0.05, 0) is 5.56 Å². The Morgan fingerprint density at radius 3 is 2.65 bits per heavy atom. The number of nitrogens with one attached hydrogen (secondary N) is 1. The molecule has 0 atom stereocenters. The Morgan fingerprint density at radius 1 is 1.29 bits per heavy atom. The molecule has 0 radical (unpaired) electrons. The van der Waals surface area contributed by atoms with Gasteiger partial charge in [0, 0.05) is 5.56 Å². The van der Waals surface area contributed by atoms with E-state index < -0.39 is 10.3 Å². The van der Waals surface area contributed by atoms with E-state index in [9.17, 15) is 8.42 Å². The smallest absolute Gasteiger partial charge is 0.277 e. The van der Waals surface area contributed by atoms with Crippen molar-refractivity contribution in [2.24, 2.45) is 5.14 Å². The fourth-order valence-corrected chi connectivity index (χ4v) is 1.71. The highest BCUT2D eigenvalue weighted by molar-refractivity contribution is 7.84. The third-order valence-corrected chi connectivity index (χ3v) is 2.61. The highest BCUT2D eigenvalue weighted by atomic mass is 32.2. The molecule has 2 rings (SSSR count). The highest BCUT2D eigenvalue weighted by Crippen LogP contribution is 2.21. The Kier molecular flexibility index (Phi) is 3.23. The van der Waals surface area contributed by atoms with Gasteiger partial charge in [-0.2, -0.15) is 13.5 Å². The maximum atomic E-state index is 10.7. The van der Waals surface area contributed by atoms with Crippen molar-refractivity contribution in [3.63, 3.8) is 0 Å². The van der Waals surface area contributed by atoms with Crippen molar-refractivity contribution in [1.29, 1.82) is 0 Å². The molecular formula is C10H11N3O3S. The van der Waals surface area contributed by atoms with Crippen LogP contribution in [0.25, 0.3) is 11.3 Å². The van der Waals surface area contributed by atoms with Crippen LogP contribution in [0.3, 0.4) is 0 Å². The first kappa shape index (κ1) is 11.8. The molecule has 0 spiro atoms. The SMILES string of the molecule is NS(=O)(=O)OCc1cn[nH]c1-c1ccccc1. The molecule has 6 nitrogen and oxygen atoms in total. The number of rotatable bonds is 4. The minimum Gasteiger partial charge on any atom is -0.277 e. The summed E-state index contributed by atoms with van der Waals surface area (Å²) in [6, 6.07) is 9.41. The molecule has 0 unspecified atom stereocenters. The van der Waals surface area contributed by atoms with Crippen LogP contribution in [0.1, 0.15) is 5.56 Å². The number of aromatic nitrogens is 2. The molecule has 0 saturated carbocycles. The molecule has 1 heterocycles. The van der Waals surface area contributed by atoms with E-state index in [2.05, 4.69) is 14.4 Å². The third kappa shape index (κ3) is 3.13. The molecule has 0 bridgehead atoms. The molecular weight excluding hydrogens is 242 g/mol. The second-order valence-electron chi connectivity index (χ2n) is 3.39. The summed E-state index contributed by atoms with van der Waals surface area (Å²) in [5, 5.41) is 11.4. The van der Waals surface area contributed by atoms with Gasteiger partial charge in [0.15, 0.2) is 0 Å². The third-order valence-electron chi connectivity index (χ3n) is 2.16. The molecule has 1 aromatic heterocycles. The lowest BCUT2D eigenvalue weighted by atomic mass is 10.1. The van der Waals surface area contributed by atoms with E-state index in [4.69, 9.17) is 5.14 Å². The maximum absolute atomic E-state index is 10.7. The normalized spacial score (nSPS) is 11.6. The van der Waals surface area contributed by atoms with E-state index >= 15 is 0 Å². The van der Waals surface area contributed by atoms with E-state index in [0.29, 0.717) is 11.3 Å². The van der Waals surface area contributed by atoms with Gasteiger partial charge in [0.1, 0.15) is 0 Å². The van der Waals surface area contributed by atoms with Crippen LogP contribution in [0, 0.1) is 0 Å². The lowest BCUT2D eigenvalue weighted by molar-refractivity contribution is 0.309. The van der Waals surface area contributed by atoms with E-state index in [1.807, 2.05) is 30.3 Å². The van der Waals surface area contributed by atoms with Crippen LogP contribution in [-0.2, 0) is 21.1 Å². The average molecular weight is 253 g/mol. The van der Waals surface area contributed by atoms with Crippen molar-refractivity contribution in [3.8, 4) is 11.3 Å². The van der Waals surface area contributed by atoms with Gasteiger partial charge in [-0.1, -0.05) is 30.3 Å². The summed E-state index contributed by atoms with van der Waals surface area (Å²) < 4.78 is 25.9. The van der Waals surface area contributed by atoms with Crippen molar-refractivity contribution in [1.82, 2.24) is 10.2 Å². The molecule has 3 N–H and O–H groups in total. The van der Waals surface area contributed by atoms with Crippen LogP contribution in [-0.4, -0.2) is 18.6 Å². The van der Waals surface area contributed by atoms with Gasteiger partial charge in [-0.3, -0.25) is 9.28 Å². The van der Waals surface area contributed by atoms with Crippen LogP contribution in [0.2, 0.25) is 0 Å². The molecule has 0 amide bonds. The number of hydrogen-bond acceptors (Lipinski definition) is 4.